The zero-order valence-corrected chi connectivity index (χ0v) is 22.6. The highest BCUT2D eigenvalue weighted by atomic mass is 28.4. The van der Waals surface area contributed by atoms with Crippen LogP contribution in [-0.2, 0) is 8.85 Å². The number of hydrogen-bond donors (Lipinski definition) is 0. The lowest BCUT2D eigenvalue weighted by Gasteiger charge is -2.38. The van der Waals surface area contributed by atoms with E-state index in [-0.39, 0.29) is 27.2 Å². The van der Waals surface area contributed by atoms with Gasteiger partial charge >= 0.3 is 0 Å². The van der Waals surface area contributed by atoms with Crippen LogP contribution in [0.5, 0.6) is 0 Å². The predicted molar refractivity (Wildman–Crippen MR) is 125 cm³/mol. The molecule has 0 N–H and O–H groups in total. The molecule has 0 bridgehead atoms. The van der Waals surface area contributed by atoms with Gasteiger partial charge in [0.05, 0.1) is 0 Å². The molecule has 0 spiro atoms. The van der Waals surface area contributed by atoms with E-state index in [1.807, 2.05) is 0 Å². The molecule has 7 heteroatoms. The van der Waals surface area contributed by atoms with E-state index in [1.54, 1.807) is 0 Å². The van der Waals surface area contributed by atoms with Gasteiger partial charge in [-0.15, -0.1) is 0 Å². The van der Waals surface area contributed by atoms with Crippen molar-refractivity contribution in [2.75, 3.05) is 0 Å². The minimum atomic E-state index is -1.83. The molecule has 0 rings (SSSR count). The van der Waals surface area contributed by atoms with Crippen molar-refractivity contribution in [2.45, 2.75) is 136 Å². The lowest BCUT2D eigenvalue weighted by atomic mass is 10.0. The maximum Gasteiger partial charge on any atom is 0.213 e. The highest BCUT2D eigenvalue weighted by Crippen LogP contribution is 2.38. The van der Waals surface area contributed by atoms with Crippen LogP contribution in [0.25, 0.3) is 0 Å². The van der Waals surface area contributed by atoms with E-state index in [0.717, 1.165) is 12.8 Å². The third-order valence-electron chi connectivity index (χ3n) is 6.71. The zero-order valence-electron chi connectivity index (χ0n) is 20.6. The van der Waals surface area contributed by atoms with Gasteiger partial charge in [-0.25, -0.2) is 0 Å². The van der Waals surface area contributed by atoms with Crippen molar-refractivity contribution in [1.82, 2.24) is 0 Å². The highest BCUT2D eigenvalue weighted by Gasteiger charge is 2.39. The Kier molecular flexibility index (Phi) is 10.1. The second kappa shape index (κ2) is 10.2. The van der Waals surface area contributed by atoms with Gasteiger partial charge in [0.15, 0.2) is 16.6 Å². The summed E-state index contributed by atoms with van der Waals surface area (Å²) in [5, 5.41) is 11.9. The molecule has 0 saturated carbocycles. The van der Waals surface area contributed by atoms with Crippen molar-refractivity contribution >= 4 is 16.6 Å². The van der Waals surface area contributed by atoms with Gasteiger partial charge in [0, 0.05) is 30.0 Å². The fraction of sp³-hybridized carbons (Fsp3) is 1.00. The average molecular weight is 434 g/mol. The second-order valence-corrected chi connectivity index (χ2v) is 21.0. The molecular formula is C21H47NO4Si2. The summed E-state index contributed by atoms with van der Waals surface area (Å²) in [5.41, 5.74) is 0. The van der Waals surface area contributed by atoms with E-state index >= 15 is 0 Å². The van der Waals surface area contributed by atoms with E-state index in [0.29, 0.717) is 12.8 Å². The summed E-state index contributed by atoms with van der Waals surface area (Å²) in [6.45, 7) is 26.3. The van der Waals surface area contributed by atoms with Crippen LogP contribution in [-0.4, -0.2) is 39.8 Å². The van der Waals surface area contributed by atoms with Crippen LogP contribution >= 0.6 is 0 Å². The van der Waals surface area contributed by atoms with Crippen LogP contribution < -0.4 is 0 Å². The van der Waals surface area contributed by atoms with Gasteiger partial charge in [-0.05, 0) is 63.0 Å². The van der Waals surface area contributed by atoms with E-state index in [2.05, 4.69) is 81.6 Å². The van der Waals surface area contributed by atoms with Gasteiger partial charge in [-0.1, -0.05) is 41.5 Å². The van der Waals surface area contributed by atoms with Crippen LogP contribution in [0.2, 0.25) is 36.3 Å². The zero-order chi connectivity index (χ0) is 22.6. The van der Waals surface area contributed by atoms with Crippen LogP contribution in [0, 0.1) is 10.1 Å². The summed E-state index contributed by atoms with van der Waals surface area (Å²) in [4.78, 5) is 11.4. The molecule has 0 saturated heterocycles. The summed E-state index contributed by atoms with van der Waals surface area (Å²) in [7, 11) is -3.67. The Morgan fingerprint density at radius 2 is 1.04 bits per heavy atom. The van der Waals surface area contributed by atoms with Crippen molar-refractivity contribution in [1.29, 1.82) is 0 Å². The summed E-state index contributed by atoms with van der Waals surface area (Å²) in [5.74, 6) is 0. The molecule has 5 nitrogen and oxygen atoms in total. The van der Waals surface area contributed by atoms with Crippen molar-refractivity contribution in [3.8, 4) is 0 Å². The summed E-state index contributed by atoms with van der Waals surface area (Å²) in [6, 6.07) is -0.518. The second-order valence-electron chi connectivity index (χ2n) is 11.5. The maximum atomic E-state index is 11.6. The molecule has 0 aliphatic carbocycles. The fourth-order valence-corrected chi connectivity index (χ4v) is 5.64. The molecule has 0 unspecified atom stereocenters. The SMILES string of the molecule is C[C@@H](CCC(CC[C@H](C)O[Si](C)(C)C(C)(C)C)[N+](=O)[O-])O[Si](C)(C)C(C)(C)C. The largest absolute Gasteiger partial charge is 0.414 e. The minimum Gasteiger partial charge on any atom is -0.414 e. The normalized spacial score (nSPS) is 16.3. The first-order chi connectivity index (χ1) is 12.3. The molecule has 0 heterocycles. The van der Waals surface area contributed by atoms with Gasteiger partial charge in [0.25, 0.3) is 0 Å². The Morgan fingerprint density at radius 3 is 1.25 bits per heavy atom. The quantitative estimate of drug-likeness (QED) is 0.200. The molecule has 0 aliphatic rings. The molecule has 0 aliphatic heterocycles. The summed E-state index contributed by atoms with van der Waals surface area (Å²) < 4.78 is 12.7. The first kappa shape index (κ1) is 27.8. The van der Waals surface area contributed by atoms with Crippen LogP contribution in [0.15, 0.2) is 0 Å². The van der Waals surface area contributed by atoms with Crippen LogP contribution in [0.3, 0.4) is 0 Å². The smallest absolute Gasteiger partial charge is 0.213 e. The summed E-state index contributed by atoms with van der Waals surface area (Å²) >= 11 is 0. The standard InChI is InChI=1S/C21H47NO4Si2/c1-17(25-27(9,10)20(3,4)5)13-15-19(22(23)24)16-14-18(2)26-28(11,12)21(6,7)8/h17-19H,13-16H2,1-12H3/t17-,18-/m0/s1. The van der Waals surface area contributed by atoms with Gasteiger partial charge in [0.1, 0.15) is 0 Å². The third-order valence-corrected chi connectivity index (χ3v) is 15.9. The van der Waals surface area contributed by atoms with Gasteiger partial charge in [0.2, 0.25) is 6.04 Å². The topological polar surface area (TPSA) is 61.6 Å². The van der Waals surface area contributed by atoms with Crippen LogP contribution in [0.4, 0.5) is 0 Å². The molecule has 0 aromatic heterocycles. The van der Waals surface area contributed by atoms with Crippen molar-refractivity contribution in [2.24, 2.45) is 0 Å². The molecule has 28 heavy (non-hydrogen) atoms. The average Bonchev–Trinajstić information content (AvgIpc) is 2.43. The maximum absolute atomic E-state index is 11.6. The predicted octanol–water partition coefficient (Wildman–Crippen LogP) is 7.01. The Morgan fingerprint density at radius 1 is 0.750 bits per heavy atom. The molecule has 168 valence electrons. The third kappa shape index (κ3) is 9.05. The number of nitrogens with zero attached hydrogens (tertiary/aromatic N) is 1. The molecule has 2 atom stereocenters. The highest BCUT2D eigenvalue weighted by molar-refractivity contribution is 6.74. The molecule has 0 aromatic carbocycles. The van der Waals surface area contributed by atoms with Gasteiger partial charge in [-0.3, -0.25) is 10.1 Å². The minimum absolute atomic E-state index is 0.0595. The van der Waals surface area contributed by atoms with E-state index < -0.39 is 22.7 Å². The molecular weight excluding hydrogens is 386 g/mol. The molecule has 0 fully saturated rings. The van der Waals surface area contributed by atoms with E-state index in [1.165, 1.54) is 0 Å². The first-order valence-electron chi connectivity index (χ1n) is 10.8. The van der Waals surface area contributed by atoms with Crippen molar-refractivity contribution < 1.29 is 13.8 Å². The van der Waals surface area contributed by atoms with Crippen LogP contribution in [0.1, 0.15) is 81.1 Å². The fourth-order valence-electron chi connectivity index (χ4n) is 2.69. The number of nitro groups is 1. The van der Waals surface area contributed by atoms with Gasteiger partial charge in [-0.2, -0.15) is 0 Å². The lowest BCUT2D eigenvalue weighted by Crippen LogP contribution is -2.43. The van der Waals surface area contributed by atoms with Crippen molar-refractivity contribution in [3.63, 3.8) is 0 Å². The van der Waals surface area contributed by atoms with E-state index in [9.17, 15) is 10.1 Å². The monoisotopic (exact) mass is 433 g/mol. The molecule has 0 amide bonds. The molecule has 0 aromatic rings. The lowest BCUT2D eigenvalue weighted by molar-refractivity contribution is -0.525. The first-order valence-corrected chi connectivity index (χ1v) is 16.6. The Labute approximate surface area is 176 Å². The summed E-state index contributed by atoms with van der Waals surface area (Å²) in [6.07, 6.45) is 2.71. The van der Waals surface area contributed by atoms with Gasteiger partial charge < -0.3 is 8.85 Å². The van der Waals surface area contributed by atoms with Crippen molar-refractivity contribution in [3.05, 3.63) is 10.1 Å². The Hall–Kier alpha value is -0.246. The van der Waals surface area contributed by atoms with E-state index in [4.69, 9.17) is 8.85 Å². The number of hydrogen-bond acceptors (Lipinski definition) is 4. The Balaban J connectivity index is 4.64. The molecule has 0 radical (unpaired) electrons. The number of rotatable bonds is 11. The Bertz CT molecular complexity index is 458.